The van der Waals surface area contributed by atoms with Gasteiger partial charge in [0.25, 0.3) is 0 Å². The minimum Gasteiger partial charge on any atom is -0.445 e. The number of rotatable bonds is 19. The fraction of sp³-hybridized carbons (Fsp3) is 0.636. The molecule has 48 heavy (non-hydrogen) atoms. The van der Waals surface area contributed by atoms with E-state index in [-0.39, 0.29) is 73.8 Å². The van der Waals surface area contributed by atoms with Gasteiger partial charge < -0.3 is 25.6 Å². The second kappa shape index (κ2) is 19.1. The van der Waals surface area contributed by atoms with Crippen LogP contribution < -0.4 is 16.0 Å². The van der Waals surface area contributed by atoms with Crippen LogP contribution in [0.3, 0.4) is 0 Å². The summed E-state index contributed by atoms with van der Waals surface area (Å²) < 4.78 is 28.4. The molecule has 1 aliphatic rings. The van der Waals surface area contributed by atoms with E-state index in [1.54, 1.807) is 24.3 Å². The van der Waals surface area contributed by atoms with Gasteiger partial charge in [0, 0.05) is 50.3 Å². The molecule has 14 nitrogen and oxygen atoms in total. The third-order valence-corrected chi connectivity index (χ3v) is 8.67. The quantitative estimate of drug-likeness (QED) is 0.144. The lowest BCUT2D eigenvalue weighted by atomic mass is 9.94. The number of unbranched alkanes of at least 4 members (excludes halogenated alkanes) is 2. The number of nitrogens with zero attached hydrogens (tertiary/aromatic N) is 2. The standard InChI is InChI=1S/C33H51N5O9S/c1-22(2)20-37(16-17-48(6,45)46)33(44)47-21-25-11-13-26(14-12-25)36-31(42)24(5)35-29(40)19-34-28(39)10-8-7-9-15-38-30(41)18-27(23(3)4)32(38)43/h11-14,22-24,27H,7-10,15-21H2,1-6H3,(H,34,39)(H,35,40)(H,36,42)/t24-,27?/m0/s1. The van der Waals surface area contributed by atoms with Crippen molar-refractivity contribution in [3.8, 4) is 0 Å². The normalized spacial score (nSPS) is 15.4. The van der Waals surface area contributed by atoms with Gasteiger partial charge in [0.15, 0.2) is 0 Å². The summed E-state index contributed by atoms with van der Waals surface area (Å²) in [7, 11) is -3.24. The Hall–Kier alpha value is -4.01. The molecule has 15 heteroatoms. The van der Waals surface area contributed by atoms with E-state index in [1.807, 2.05) is 27.7 Å². The van der Waals surface area contributed by atoms with Crippen LogP contribution in [0.1, 0.15) is 72.3 Å². The molecule has 0 radical (unpaired) electrons. The zero-order chi connectivity index (χ0) is 36.0. The maximum atomic E-state index is 12.6. The van der Waals surface area contributed by atoms with E-state index in [4.69, 9.17) is 4.74 Å². The van der Waals surface area contributed by atoms with Gasteiger partial charge in [0.05, 0.1) is 12.3 Å². The number of sulfone groups is 1. The second-order valence-corrected chi connectivity index (χ2v) is 15.3. The minimum absolute atomic E-state index is 0.0375. The maximum absolute atomic E-state index is 12.6. The molecule has 1 aromatic rings. The first-order valence-corrected chi connectivity index (χ1v) is 18.4. The van der Waals surface area contributed by atoms with Crippen molar-refractivity contribution in [3.05, 3.63) is 29.8 Å². The Morgan fingerprint density at radius 3 is 2.23 bits per heavy atom. The highest BCUT2D eigenvalue weighted by Crippen LogP contribution is 2.26. The summed E-state index contributed by atoms with van der Waals surface area (Å²) in [5, 5.41) is 7.75. The van der Waals surface area contributed by atoms with Gasteiger partial charge in [0.1, 0.15) is 22.5 Å². The van der Waals surface area contributed by atoms with Crippen molar-refractivity contribution in [2.75, 3.05) is 43.5 Å². The van der Waals surface area contributed by atoms with Crippen molar-refractivity contribution in [1.29, 1.82) is 0 Å². The fourth-order valence-electron chi connectivity index (χ4n) is 4.97. The van der Waals surface area contributed by atoms with Crippen LogP contribution >= 0.6 is 0 Å². The first kappa shape index (κ1) is 40.2. The molecule has 0 saturated carbocycles. The number of likely N-dealkylation sites (tertiary alicyclic amines) is 1. The molecular weight excluding hydrogens is 642 g/mol. The van der Waals surface area contributed by atoms with Gasteiger partial charge >= 0.3 is 6.09 Å². The third kappa shape index (κ3) is 14.4. The summed E-state index contributed by atoms with van der Waals surface area (Å²) >= 11 is 0. The third-order valence-electron chi connectivity index (χ3n) is 7.75. The first-order valence-electron chi connectivity index (χ1n) is 16.4. The molecule has 268 valence electrons. The predicted octanol–water partition coefficient (Wildman–Crippen LogP) is 2.48. The van der Waals surface area contributed by atoms with E-state index >= 15 is 0 Å². The molecular formula is C33H51N5O9S. The van der Waals surface area contributed by atoms with Crippen molar-refractivity contribution in [1.82, 2.24) is 20.4 Å². The number of amides is 6. The van der Waals surface area contributed by atoms with Gasteiger partial charge in [-0.05, 0) is 49.3 Å². The molecule has 1 aromatic carbocycles. The summed E-state index contributed by atoms with van der Waals surface area (Å²) in [5.41, 5.74) is 1.11. The Kier molecular flexibility index (Phi) is 16.0. The van der Waals surface area contributed by atoms with Crippen LogP contribution in [0.4, 0.5) is 10.5 Å². The zero-order valence-electron chi connectivity index (χ0n) is 28.9. The van der Waals surface area contributed by atoms with Crippen LogP contribution in [0.2, 0.25) is 0 Å². The van der Waals surface area contributed by atoms with E-state index < -0.39 is 33.8 Å². The van der Waals surface area contributed by atoms with Gasteiger partial charge in [-0.2, -0.15) is 0 Å². The lowest BCUT2D eigenvalue weighted by molar-refractivity contribution is -0.140. The SMILES string of the molecule is CC(C)CN(CCS(C)(=O)=O)C(=O)OCc1ccc(NC(=O)[C@H](C)NC(=O)CNC(=O)CCCCCN2C(=O)CC(C(C)C)C2=O)cc1. The number of imide groups is 1. The molecule has 6 amide bonds. The maximum Gasteiger partial charge on any atom is 0.410 e. The van der Waals surface area contributed by atoms with Crippen LogP contribution in [0.25, 0.3) is 0 Å². The van der Waals surface area contributed by atoms with Crippen molar-refractivity contribution < 1.29 is 41.9 Å². The van der Waals surface area contributed by atoms with E-state index in [1.165, 1.54) is 16.7 Å². The largest absolute Gasteiger partial charge is 0.445 e. The first-order chi connectivity index (χ1) is 22.5. The summed E-state index contributed by atoms with van der Waals surface area (Å²) in [6.45, 7) is 9.60. The Morgan fingerprint density at radius 2 is 1.65 bits per heavy atom. The molecule has 0 bridgehead atoms. The Labute approximate surface area is 283 Å². The average molecular weight is 694 g/mol. The van der Waals surface area contributed by atoms with Crippen LogP contribution in [-0.4, -0.2) is 98.1 Å². The Bertz CT molecular complexity index is 1400. The lowest BCUT2D eigenvalue weighted by Crippen LogP contribution is -2.45. The number of ether oxygens (including phenoxy) is 1. The van der Waals surface area contributed by atoms with Crippen LogP contribution in [-0.2, 0) is 45.2 Å². The highest BCUT2D eigenvalue weighted by molar-refractivity contribution is 7.90. The number of anilines is 1. The zero-order valence-corrected chi connectivity index (χ0v) is 29.7. The molecule has 1 saturated heterocycles. The highest BCUT2D eigenvalue weighted by Gasteiger charge is 2.39. The van der Waals surface area contributed by atoms with Crippen molar-refractivity contribution in [2.45, 2.75) is 79.4 Å². The highest BCUT2D eigenvalue weighted by atomic mass is 32.2. The molecule has 2 atom stereocenters. The number of hydrogen-bond acceptors (Lipinski definition) is 9. The molecule has 3 N–H and O–H groups in total. The molecule has 1 heterocycles. The average Bonchev–Trinajstić information content (AvgIpc) is 3.29. The lowest BCUT2D eigenvalue weighted by Gasteiger charge is -2.23. The molecule has 0 spiro atoms. The van der Waals surface area contributed by atoms with Gasteiger partial charge in [-0.1, -0.05) is 46.2 Å². The molecule has 1 unspecified atom stereocenters. The number of carbonyl (C=O) groups excluding carboxylic acids is 6. The molecule has 0 aromatic heterocycles. The van der Waals surface area contributed by atoms with Gasteiger partial charge in [-0.15, -0.1) is 0 Å². The Morgan fingerprint density at radius 1 is 0.979 bits per heavy atom. The van der Waals surface area contributed by atoms with E-state index in [0.717, 1.165) is 6.26 Å². The van der Waals surface area contributed by atoms with Gasteiger partial charge in [-0.25, -0.2) is 13.2 Å². The monoisotopic (exact) mass is 693 g/mol. The van der Waals surface area contributed by atoms with E-state index in [2.05, 4.69) is 16.0 Å². The Balaban J connectivity index is 1.67. The van der Waals surface area contributed by atoms with Crippen molar-refractivity contribution in [3.63, 3.8) is 0 Å². The van der Waals surface area contributed by atoms with Crippen LogP contribution in [0.5, 0.6) is 0 Å². The number of nitrogens with one attached hydrogen (secondary N) is 3. The van der Waals surface area contributed by atoms with Gasteiger partial charge in [0.2, 0.25) is 29.5 Å². The van der Waals surface area contributed by atoms with E-state index in [9.17, 15) is 37.2 Å². The molecule has 0 aliphatic carbocycles. The van der Waals surface area contributed by atoms with E-state index in [0.29, 0.717) is 43.6 Å². The minimum atomic E-state index is -3.24. The topological polar surface area (TPSA) is 188 Å². The summed E-state index contributed by atoms with van der Waals surface area (Å²) in [5.74, 6) is -1.76. The summed E-state index contributed by atoms with van der Waals surface area (Å²) in [6, 6.07) is 5.68. The van der Waals surface area contributed by atoms with Crippen molar-refractivity contribution >= 4 is 51.2 Å². The molecule has 1 fully saturated rings. The summed E-state index contributed by atoms with van der Waals surface area (Å²) in [4.78, 5) is 76.8. The van der Waals surface area contributed by atoms with Crippen molar-refractivity contribution in [2.24, 2.45) is 17.8 Å². The fourth-order valence-corrected chi connectivity index (χ4v) is 5.52. The second-order valence-electron chi connectivity index (χ2n) is 13.0. The predicted molar refractivity (Wildman–Crippen MR) is 180 cm³/mol. The smallest absolute Gasteiger partial charge is 0.410 e. The van der Waals surface area contributed by atoms with Crippen LogP contribution in [0.15, 0.2) is 24.3 Å². The summed E-state index contributed by atoms with van der Waals surface area (Å²) in [6.07, 6.45) is 2.74. The van der Waals surface area contributed by atoms with Gasteiger partial charge in [-0.3, -0.25) is 28.9 Å². The number of hydrogen-bond donors (Lipinski definition) is 3. The number of benzene rings is 1. The molecule has 2 rings (SSSR count). The molecule has 1 aliphatic heterocycles. The number of carbonyl (C=O) groups is 6. The van der Waals surface area contributed by atoms with Crippen LogP contribution in [0, 0.1) is 17.8 Å².